The van der Waals surface area contributed by atoms with Crippen LogP contribution in [0.3, 0.4) is 0 Å². The van der Waals surface area contributed by atoms with Gasteiger partial charge in [0.15, 0.2) is 21.3 Å². The van der Waals surface area contributed by atoms with E-state index in [0.29, 0.717) is 43.5 Å². The number of benzene rings is 2. The molecule has 2 aliphatic rings. The SMILES string of the molecule is O=C(CCS(=O)(=O)c1ccc2c(c1)OCCO2)Nc1cccc(S(=O)(=O)N2CCCC2)c1. The van der Waals surface area contributed by atoms with Gasteiger partial charge in [-0.1, -0.05) is 6.07 Å². The summed E-state index contributed by atoms with van der Waals surface area (Å²) in [4.78, 5) is 12.5. The van der Waals surface area contributed by atoms with Crippen molar-refractivity contribution in [2.75, 3.05) is 37.4 Å². The summed E-state index contributed by atoms with van der Waals surface area (Å²) in [5, 5.41) is 2.59. The zero-order valence-electron chi connectivity index (χ0n) is 17.3. The molecule has 2 heterocycles. The minimum atomic E-state index is -3.72. The Labute approximate surface area is 187 Å². The Morgan fingerprint density at radius 1 is 0.906 bits per heavy atom. The van der Waals surface area contributed by atoms with Gasteiger partial charge in [-0.05, 0) is 43.2 Å². The first-order valence-corrected chi connectivity index (χ1v) is 13.4. The summed E-state index contributed by atoms with van der Waals surface area (Å²) in [6, 6.07) is 10.3. The first kappa shape index (κ1) is 22.6. The molecule has 2 aromatic carbocycles. The molecule has 4 rings (SSSR count). The Balaban J connectivity index is 1.40. The Morgan fingerprint density at radius 2 is 1.62 bits per heavy atom. The van der Waals surface area contributed by atoms with Gasteiger partial charge in [-0.3, -0.25) is 4.79 Å². The van der Waals surface area contributed by atoms with Gasteiger partial charge in [-0.15, -0.1) is 0 Å². The van der Waals surface area contributed by atoms with Crippen LogP contribution in [0.2, 0.25) is 0 Å². The van der Waals surface area contributed by atoms with E-state index in [-0.39, 0.29) is 16.2 Å². The van der Waals surface area contributed by atoms with Gasteiger partial charge < -0.3 is 14.8 Å². The number of carbonyl (C=O) groups is 1. The number of ether oxygens (including phenoxy) is 2. The van der Waals surface area contributed by atoms with E-state index in [9.17, 15) is 21.6 Å². The number of carbonyl (C=O) groups excluding carboxylic acids is 1. The Morgan fingerprint density at radius 3 is 2.38 bits per heavy atom. The zero-order chi connectivity index (χ0) is 22.8. The van der Waals surface area contributed by atoms with E-state index in [2.05, 4.69) is 5.32 Å². The van der Waals surface area contributed by atoms with Crippen LogP contribution in [0.25, 0.3) is 0 Å². The fraction of sp³-hybridized carbons (Fsp3) is 0.381. The number of anilines is 1. The second kappa shape index (κ2) is 9.08. The number of amides is 1. The molecule has 2 aliphatic heterocycles. The Kier molecular flexibility index (Phi) is 6.40. The van der Waals surface area contributed by atoms with Crippen molar-refractivity contribution < 1.29 is 31.1 Å². The summed E-state index contributed by atoms with van der Waals surface area (Å²) in [5.74, 6) is -0.0825. The van der Waals surface area contributed by atoms with Crippen LogP contribution < -0.4 is 14.8 Å². The second-order valence-electron chi connectivity index (χ2n) is 7.56. The fourth-order valence-corrected chi connectivity index (χ4v) is 6.41. The second-order valence-corrected chi connectivity index (χ2v) is 11.6. The van der Waals surface area contributed by atoms with Gasteiger partial charge >= 0.3 is 0 Å². The lowest BCUT2D eigenvalue weighted by Crippen LogP contribution is -2.28. The van der Waals surface area contributed by atoms with Crippen LogP contribution in [0.1, 0.15) is 19.3 Å². The molecule has 0 radical (unpaired) electrons. The van der Waals surface area contributed by atoms with E-state index in [0.717, 1.165) is 12.8 Å². The molecule has 9 nitrogen and oxygen atoms in total. The van der Waals surface area contributed by atoms with Crippen molar-refractivity contribution in [1.82, 2.24) is 4.31 Å². The first-order chi connectivity index (χ1) is 15.3. The van der Waals surface area contributed by atoms with Crippen molar-refractivity contribution in [3.8, 4) is 11.5 Å². The summed E-state index contributed by atoms with van der Waals surface area (Å²) in [7, 11) is -7.33. The van der Waals surface area contributed by atoms with Crippen LogP contribution in [0.4, 0.5) is 5.69 Å². The predicted octanol–water partition coefficient (Wildman–Crippen LogP) is 2.04. The smallest absolute Gasteiger partial charge is 0.243 e. The van der Waals surface area contributed by atoms with Crippen molar-refractivity contribution in [1.29, 1.82) is 0 Å². The van der Waals surface area contributed by atoms with Gasteiger partial charge in [-0.25, -0.2) is 16.8 Å². The number of rotatable bonds is 7. The molecule has 0 unspecified atom stereocenters. The van der Waals surface area contributed by atoms with Crippen molar-refractivity contribution in [3.05, 3.63) is 42.5 Å². The quantitative estimate of drug-likeness (QED) is 0.644. The lowest BCUT2D eigenvalue weighted by molar-refractivity contribution is -0.115. The van der Waals surface area contributed by atoms with E-state index < -0.39 is 31.5 Å². The largest absolute Gasteiger partial charge is 0.486 e. The van der Waals surface area contributed by atoms with E-state index >= 15 is 0 Å². The van der Waals surface area contributed by atoms with Crippen LogP contribution in [-0.4, -0.2) is 59.1 Å². The monoisotopic (exact) mass is 480 g/mol. The summed E-state index contributed by atoms with van der Waals surface area (Å²) >= 11 is 0. The molecule has 0 aromatic heterocycles. The van der Waals surface area contributed by atoms with Crippen LogP contribution >= 0.6 is 0 Å². The maximum absolute atomic E-state index is 12.7. The molecule has 0 aliphatic carbocycles. The summed E-state index contributed by atoms with van der Waals surface area (Å²) < 4.78 is 62.9. The lowest BCUT2D eigenvalue weighted by Gasteiger charge is -2.18. The summed E-state index contributed by atoms with van der Waals surface area (Å²) in [5.41, 5.74) is 0.298. The molecule has 1 amide bonds. The van der Waals surface area contributed by atoms with Crippen LogP contribution in [-0.2, 0) is 24.7 Å². The third-order valence-corrected chi connectivity index (χ3v) is 8.90. The maximum atomic E-state index is 12.7. The molecular weight excluding hydrogens is 456 g/mol. The summed E-state index contributed by atoms with van der Waals surface area (Å²) in [6.45, 7) is 1.71. The third kappa shape index (κ3) is 4.89. The lowest BCUT2D eigenvalue weighted by atomic mass is 10.3. The number of hydrogen-bond acceptors (Lipinski definition) is 7. The van der Waals surface area contributed by atoms with Gasteiger partial charge in [0.05, 0.1) is 15.5 Å². The van der Waals surface area contributed by atoms with Gasteiger partial charge in [0.25, 0.3) is 0 Å². The Hall–Kier alpha value is -2.63. The van der Waals surface area contributed by atoms with Crippen molar-refractivity contribution in [3.63, 3.8) is 0 Å². The van der Waals surface area contributed by atoms with Crippen molar-refractivity contribution in [2.24, 2.45) is 0 Å². The molecule has 0 atom stereocenters. The van der Waals surface area contributed by atoms with Crippen LogP contribution in [0.15, 0.2) is 52.3 Å². The fourth-order valence-electron chi connectivity index (χ4n) is 3.60. The molecule has 0 bridgehead atoms. The topological polar surface area (TPSA) is 119 Å². The molecule has 2 aromatic rings. The molecule has 32 heavy (non-hydrogen) atoms. The zero-order valence-corrected chi connectivity index (χ0v) is 19.0. The number of fused-ring (bicyclic) bond motifs is 1. The number of sulfone groups is 1. The predicted molar refractivity (Wildman–Crippen MR) is 117 cm³/mol. The molecule has 1 saturated heterocycles. The van der Waals surface area contributed by atoms with Gasteiger partial charge in [0, 0.05) is 31.3 Å². The van der Waals surface area contributed by atoms with Gasteiger partial charge in [0.2, 0.25) is 15.9 Å². The molecular formula is C21H24N2O7S2. The third-order valence-electron chi connectivity index (χ3n) is 5.29. The van der Waals surface area contributed by atoms with E-state index in [4.69, 9.17) is 9.47 Å². The first-order valence-electron chi connectivity index (χ1n) is 10.3. The van der Waals surface area contributed by atoms with E-state index in [1.54, 1.807) is 12.1 Å². The highest BCUT2D eigenvalue weighted by Gasteiger charge is 2.27. The standard InChI is InChI=1S/C21H24N2O7S2/c24-21(8-13-31(25,26)17-6-7-19-20(15-17)30-12-11-29-19)22-16-4-3-5-18(14-16)32(27,28)23-9-1-2-10-23/h3-7,14-15H,1-2,8-13H2,(H,22,24). The van der Waals surface area contributed by atoms with Gasteiger partial charge in [-0.2, -0.15) is 4.31 Å². The highest BCUT2D eigenvalue weighted by atomic mass is 32.2. The maximum Gasteiger partial charge on any atom is 0.243 e. The minimum Gasteiger partial charge on any atom is -0.486 e. The van der Waals surface area contributed by atoms with E-state index in [1.165, 1.54) is 34.6 Å². The molecule has 0 saturated carbocycles. The average molecular weight is 481 g/mol. The summed E-state index contributed by atoms with van der Waals surface area (Å²) in [6.07, 6.45) is 1.38. The molecule has 11 heteroatoms. The molecule has 172 valence electrons. The average Bonchev–Trinajstić information content (AvgIpc) is 3.34. The van der Waals surface area contributed by atoms with Gasteiger partial charge in [0.1, 0.15) is 13.2 Å². The Bertz CT molecular complexity index is 1220. The number of sulfonamides is 1. The van der Waals surface area contributed by atoms with Crippen LogP contribution in [0, 0.1) is 0 Å². The highest BCUT2D eigenvalue weighted by Crippen LogP contribution is 2.32. The van der Waals surface area contributed by atoms with E-state index in [1.807, 2.05) is 0 Å². The normalized spacial score (nSPS) is 16.6. The molecule has 0 spiro atoms. The highest BCUT2D eigenvalue weighted by molar-refractivity contribution is 7.91. The molecule has 1 N–H and O–H groups in total. The molecule has 1 fully saturated rings. The minimum absolute atomic E-state index is 0.0493. The number of nitrogens with zero attached hydrogens (tertiary/aromatic N) is 1. The van der Waals surface area contributed by atoms with Crippen LogP contribution in [0.5, 0.6) is 11.5 Å². The van der Waals surface area contributed by atoms with Crippen molar-refractivity contribution in [2.45, 2.75) is 29.1 Å². The number of nitrogens with one attached hydrogen (secondary N) is 1. The van der Waals surface area contributed by atoms with Crippen molar-refractivity contribution >= 4 is 31.5 Å². The number of hydrogen-bond donors (Lipinski definition) is 1.